The predicted octanol–water partition coefficient (Wildman–Crippen LogP) is 1.65. The van der Waals surface area contributed by atoms with Crippen LogP contribution in [0.2, 0.25) is 0 Å². The van der Waals surface area contributed by atoms with E-state index in [-0.39, 0.29) is 12.5 Å². The molecule has 0 spiro atoms. The van der Waals surface area contributed by atoms with Crippen LogP contribution in [0.1, 0.15) is 31.2 Å². The Kier molecular flexibility index (Phi) is 3.31. The molecule has 1 aliphatic rings. The molecule has 0 radical (unpaired) electrons. The second kappa shape index (κ2) is 5.13. The predicted molar refractivity (Wildman–Crippen MR) is 72.4 cm³/mol. The van der Waals surface area contributed by atoms with Gasteiger partial charge < -0.3 is 14.6 Å². The molecule has 1 aromatic carbocycles. The molecule has 0 amide bonds. The average molecular weight is 275 g/mol. The Labute approximate surface area is 116 Å². The van der Waals surface area contributed by atoms with E-state index in [1.165, 1.54) is 0 Å². The lowest BCUT2D eigenvalue weighted by atomic mass is 10.1. The molecule has 6 heteroatoms. The Balaban J connectivity index is 2.07. The highest BCUT2D eigenvalue weighted by atomic mass is 16.6. The summed E-state index contributed by atoms with van der Waals surface area (Å²) in [6, 6.07) is 5.67. The van der Waals surface area contributed by atoms with Gasteiger partial charge in [-0.2, -0.15) is 0 Å². The van der Waals surface area contributed by atoms with Gasteiger partial charge in [0.2, 0.25) is 0 Å². The van der Waals surface area contributed by atoms with E-state index >= 15 is 0 Å². The molecule has 0 unspecified atom stereocenters. The van der Waals surface area contributed by atoms with Crippen LogP contribution in [0, 0.1) is 0 Å². The van der Waals surface area contributed by atoms with Gasteiger partial charge in [-0.3, -0.25) is 0 Å². The third kappa shape index (κ3) is 2.12. The lowest BCUT2D eigenvalue weighted by Crippen LogP contribution is -2.15. The minimum atomic E-state index is -0.113. The normalized spacial score (nSPS) is 13.8. The van der Waals surface area contributed by atoms with Crippen LogP contribution in [0.15, 0.2) is 18.2 Å². The van der Waals surface area contributed by atoms with Crippen LogP contribution in [0.3, 0.4) is 0 Å². The van der Waals surface area contributed by atoms with E-state index < -0.39 is 0 Å². The number of aromatic nitrogens is 3. The first kappa shape index (κ1) is 12.9. The molecule has 2 aromatic rings. The highest BCUT2D eigenvalue weighted by Gasteiger charge is 2.19. The van der Waals surface area contributed by atoms with E-state index in [0.717, 1.165) is 17.1 Å². The number of hydrogen-bond donors (Lipinski definition) is 1. The van der Waals surface area contributed by atoms with Crippen molar-refractivity contribution in [3.8, 4) is 17.2 Å². The third-order valence-corrected chi connectivity index (χ3v) is 3.25. The van der Waals surface area contributed by atoms with E-state index in [9.17, 15) is 5.11 Å². The number of fused-ring (bicyclic) bond motifs is 1. The molecule has 20 heavy (non-hydrogen) atoms. The van der Waals surface area contributed by atoms with Gasteiger partial charge in [-0.15, -0.1) is 5.10 Å². The summed E-state index contributed by atoms with van der Waals surface area (Å²) in [6.07, 6.45) is 0. The maximum atomic E-state index is 9.36. The van der Waals surface area contributed by atoms with Crippen molar-refractivity contribution in [1.29, 1.82) is 0 Å². The molecule has 0 saturated heterocycles. The number of benzene rings is 1. The molecular weight excluding hydrogens is 258 g/mol. The molecule has 0 aliphatic carbocycles. The second-order valence-electron chi connectivity index (χ2n) is 4.97. The molecule has 0 saturated carbocycles. The van der Waals surface area contributed by atoms with E-state index in [4.69, 9.17) is 9.47 Å². The van der Waals surface area contributed by atoms with Crippen LogP contribution < -0.4 is 9.47 Å². The van der Waals surface area contributed by atoms with Crippen molar-refractivity contribution in [1.82, 2.24) is 15.0 Å². The molecule has 1 aromatic heterocycles. The first-order valence-corrected chi connectivity index (χ1v) is 6.66. The largest absolute Gasteiger partial charge is 0.486 e. The molecule has 6 nitrogen and oxygen atoms in total. The zero-order valence-electron chi connectivity index (χ0n) is 11.5. The van der Waals surface area contributed by atoms with Gasteiger partial charge in [0.25, 0.3) is 0 Å². The van der Waals surface area contributed by atoms with Crippen molar-refractivity contribution in [3.05, 3.63) is 29.6 Å². The van der Waals surface area contributed by atoms with Crippen LogP contribution in [0.25, 0.3) is 5.69 Å². The van der Waals surface area contributed by atoms with E-state index in [1.54, 1.807) is 4.68 Å². The second-order valence-corrected chi connectivity index (χ2v) is 4.97. The quantitative estimate of drug-likeness (QED) is 0.922. The molecule has 0 fully saturated rings. The highest BCUT2D eigenvalue weighted by Crippen LogP contribution is 2.33. The Morgan fingerprint density at radius 2 is 2.00 bits per heavy atom. The zero-order chi connectivity index (χ0) is 14.1. The standard InChI is InChI=1S/C14H17N3O3/c1-9(2)14-11(8-18)15-16-17(14)10-3-4-12-13(7-10)20-6-5-19-12/h3-4,7,9,18H,5-6,8H2,1-2H3. The summed E-state index contributed by atoms with van der Waals surface area (Å²) in [5.41, 5.74) is 2.37. The minimum absolute atomic E-state index is 0.113. The molecule has 2 heterocycles. The fraction of sp³-hybridized carbons (Fsp3) is 0.429. The summed E-state index contributed by atoms with van der Waals surface area (Å²) in [6.45, 7) is 5.10. The zero-order valence-corrected chi connectivity index (χ0v) is 11.5. The van der Waals surface area contributed by atoms with Crippen molar-refractivity contribution >= 4 is 0 Å². The lowest BCUT2D eigenvalue weighted by molar-refractivity contribution is 0.171. The maximum Gasteiger partial charge on any atom is 0.163 e. The summed E-state index contributed by atoms with van der Waals surface area (Å²) in [5.74, 6) is 1.67. The fourth-order valence-electron chi connectivity index (χ4n) is 2.37. The van der Waals surface area contributed by atoms with Crippen LogP contribution in [0.4, 0.5) is 0 Å². The van der Waals surface area contributed by atoms with Crippen molar-refractivity contribution < 1.29 is 14.6 Å². The van der Waals surface area contributed by atoms with Crippen LogP contribution in [0.5, 0.6) is 11.5 Å². The van der Waals surface area contributed by atoms with Gasteiger partial charge in [-0.1, -0.05) is 19.1 Å². The third-order valence-electron chi connectivity index (χ3n) is 3.25. The number of nitrogens with zero attached hydrogens (tertiary/aromatic N) is 3. The van der Waals surface area contributed by atoms with Crippen molar-refractivity contribution in [2.24, 2.45) is 0 Å². The van der Waals surface area contributed by atoms with Gasteiger partial charge in [0.15, 0.2) is 11.5 Å². The Bertz CT molecular complexity index is 622. The first-order valence-electron chi connectivity index (χ1n) is 6.66. The summed E-state index contributed by atoms with van der Waals surface area (Å²) in [7, 11) is 0. The van der Waals surface area contributed by atoms with Gasteiger partial charge in [-0.05, 0) is 18.1 Å². The first-order chi connectivity index (χ1) is 9.70. The Morgan fingerprint density at radius 1 is 1.25 bits per heavy atom. The van der Waals surface area contributed by atoms with Crippen LogP contribution >= 0.6 is 0 Å². The minimum Gasteiger partial charge on any atom is -0.486 e. The van der Waals surface area contributed by atoms with E-state index in [0.29, 0.717) is 24.7 Å². The van der Waals surface area contributed by atoms with Crippen LogP contribution in [-0.4, -0.2) is 33.3 Å². The topological polar surface area (TPSA) is 69.4 Å². The number of aliphatic hydroxyl groups is 1. The average Bonchev–Trinajstić information content (AvgIpc) is 2.91. The monoisotopic (exact) mass is 275 g/mol. The van der Waals surface area contributed by atoms with E-state index in [2.05, 4.69) is 10.3 Å². The van der Waals surface area contributed by atoms with Crippen molar-refractivity contribution in [2.45, 2.75) is 26.4 Å². The summed E-state index contributed by atoms with van der Waals surface area (Å²) < 4.78 is 12.8. The van der Waals surface area contributed by atoms with Gasteiger partial charge in [0.05, 0.1) is 18.0 Å². The van der Waals surface area contributed by atoms with Crippen molar-refractivity contribution in [3.63, 3.8) is 0 Å². The molecular formula is C14H17N3O3. The van der Waals surface area contributed by atoms with Crippen LogP contribution in [-0.2, 0) is 6.61 Å². The molecule has 1 aliphatic heterocycles. The summed E-state index contributed by atoms with van der Waals surface area (Å²) >= 11 is 0. The van der Waals surface area contributed by atoms with Gasteiger partial charge in [0.1, 0.15) is 18.9 Å². The number of rotatable bonds is 3. The maximum absolute atomic E-state index is 9.36. The fourth-order valence-corrected chi connectivity index (χ4v) is 2.37. The molecule has 3 rings (SSSR count). The van der Waals surface area contributed by atoms with Gasteiger partial charge >= 0.3 is 0 Å². The summed E-state index contributed by atoms with van der Waals surface area (Å²) in [4.78, 5) is 0. The van der Waals surface area contributed by atoms with E-state index in [1.807, 2.05) is 32.0 Å². The number of ether oxygens (including phenoxy) is 2. The highest BCUT2D eigenvalue weighted by molar-refractivity contribution is 5.49. The SMILES string of the molecule is CC(C)c1c(CO)nnn1-c1ccc2c(c1)OCCO2. The Morgan fingerprint density at radius 3 is 2.70 bits per heavy atom. The van der Waals surface area contributed by atoms with Gasteiger partial charge in [-0.25, -0.2) is 4.68 Å². The lowest BCUT2D eigenvalue weighted by Gasteiger charge is -2.19. The number of hydrogen-bond acceptors (Lipinski definition) is 5. The molecule has 1 N–H and O–H groups in total. The van der Waals surface area contributed by atoms with Gasteiger partial charge in [0, 0.05) is 6.07 Å². The Hall–Kier alpha value is -2.08. The molecule has 0 bridgehead atoms. The van der Waals surface area contributed by atoms with Crippen molar-refractivity contribution in [2.75, 3.05) is 13.2 Å². The molecule has 0 atom stereocenters. The number of aliphatic hydroxyl groups excluding tert-OH is 1. The smallest absolute Gasteiger partial charge is 0.163 e. The molecule has 106 valence electrons. The summed E-state index contributed by atoms with van der Waals surface area (Å²) in [5, 5.41) is 17.5.